The number of nitrogen functional groups attached to an aromatic ring is 2. The van der Waals surface area contributed by atoms with Crippen LogP contribution in [0.25, 0.3) is 11.0 Å². The lowest BCUT2D eigenvalue weighted by atomic mass is 9.88. The second kappa shape index (κ2) is 29.8. The molecule has 0 spiro atoms. The van der Waals surface area contributed by atoms with E-state index in [1.165, 1.54) is 101 Å². The molecule has 4 saturated heterocycles. The molecule has 9 atom stereocenters. The van der Waals surface area contributed by atoms with Crippen molar-refractivity contribution in [2.75, 3.05) is 18.1 Å². The molecule has 0 aliphatic carbocycles. The largest absolute Gasteiger partial charge is 0.587 e. The zero-order chi connectivity index (χ0) is 67.1. The van der Waals surface area contributed by atoms with Gasteiger partial charge in [-0.15, -0.1) is 0 Å². The van der Waals surface area contributed by atoms with E-state index in [9.17, 15) is 20.2 Å². The first kappa shape index (κ1) is 69.3. The fourth-order valence-corrected chi connectivity index (χ4v) is 15.2. The number of nitrogens with two attached hydrogens (primary N) is 2. The second-order valence-electron chi connectivity index (χ2n) is 25.9. The van der Waals surface area contributed by atoms with Gasteiger partial charge in [-0.05, 0) is 105 Å². The number of halogens is 3. The quantitative estimate of drug-likeness (QED) is 0.0292. The smallest absolute Gasteiger partial charge is 0.393 e. The highest BCUT2D eigenvalue weighted by Gasteiger charge is 2.66. The summed E-state index contributed by atoms with van der Waals surface area (Å²) in [5, 5.41) is 40.9. The molecule has 4 unspecified atom stereocenters. The van der Waals surface area contributed by atoms with E-state index in [-0.39, 0.29) is 64.8 Å². The number of phosphoric acid groups is 1. The number of benzene rings is 3. The third-order valence-corrected chi connectivity index (χ3v) is 20.1. The Labute approximate surface area is 562 Å². The molecule has 8 heterocycles. The number of phosphoric ester groups is 1. The summed E-state index contributed by atoms with van der Waals surface area (Å²) in [5.74, 6) is -2.72. The van der Waals surface area contributed by atoms with Gasteiger partial charge in [0, 0.05) is 12.8 Å². The van der Waals surface area contributed by atoms with Crippen LogP contribution in [0.2, 0.25) is 10.0 Å². The molecule has 7 aromatic rings. The maximum absolute atomic E-state index is 16.0. The molecular weight excluding hydrogens is 1280 g/mol. The van der Waals surface area contributed by atoms with Crippen LogP contribution in [0.15, 0.2) is 91.5 Å². The van der Waals surface area contributed by atoms with Crippen LogP contribution < -0.4 is 20.5 Å². The highest BCUT2D eigenvalue weighted by Crippen LogP contribution is 2.57. The Hall–Kier alpha value is -7.01. The van der Waals surface area contributed by atoms with Gasteiger partial charge in [-0.2, -0.15) is 26.0 Å². The van der Waals surface area contributed by atoms with Crippen LogP contribution in [-0.2, 0) is 61.7 Å². The Morgan fingerprint density at radius 1 is 0.632 bits per heavy atom. The Bertz CT molecular complexity index is 3850. The van der Waals surface area contributed by atoms with Gasteiger partial charge in [0.25, 0.3) is 0 Å². The van der Waals surface area contributed by atoms with Crippen LogP contribution in [-0.4, -0.2) is 89.1 Å². The predicted octanol–water partition coefficient (Wildman–Crippen LogP) is 14.9. The minimum atomic E-state index is -5.02. The molecule has 4 aliphatic rings. The van der Waals surface area contributed by atoms with Gasteiger partial charge in [-0.3, -0.25) is 4.52 Å². The van der Waals surface area contributed by atoms with Gasteiger partial charge in [0.15, 0.2) is 45.9 Å². The Morgan fingerprint density at radius 2 is 1.09 bits per heavy atom. The van der Waals surface area contributed by atoms with Crippen molar-refractivity contribution in [2.24, 2.45) is 0 Å². The molecule has 4 aromatic heterocycles. The van der Waals surface area contributed by atoms with Gasteiger partial charge in [-0.25, -0.2) is 28.0 Å². The average Bonchev–Trinajstić information content (AvgIpc) is 1.57. The minimum absolute atomic E-state index is 0.0695. The van der Waals surface area contributed by atoms with E-state index in [1.54, 1.807) is 85.3 Å². The summed E-state index contributed by atoms with van der Waals surface area (Å²) in [6, 6.07) is 27.3. The Kier molecular flexibility index (Phi) is 21.7. The van der Waals surface area contributed by atoms with Crippen LogP contribution in [0.4, 0.5) is 16.0 Å². The third kappa shape index (κ3) is 15.6. The first-order valence-corrected chi connectivity index (χ1v) is 35.0. The summed E-state index contributed by atoms with van der Waals surface area (Å²) < 4.78 is 99.2. The number of anilines is 2. The number of fused-ring (bicyclic) bond motifs is 4. The maximum Gasteiger partial charge on any atom is 0.587 e. The Morgan fingerprint density at radius 3 is 1.55 bits per heavy atom. The number of hydrogen-bond donors (Lipinski definition) is 2. The second-order valence-corrected chi connectivity index (χ2v) is 28.2. The van der Waals surface area contributed by atoms with Gasteiger partial charge >= 0.3 is 7.82 Å². The molecule has 4 aliphatic heterocycles. The molecule has 22 nitrogen and oxygen atoms in total. The van der Waals surface area contributed by atoms with Gasteiger partial charge in [-0.1, -0.05) is 151 Å². The van der Waals surface area contributed by atoms with Crippen molar-refractivity contribution in [3.63, 3.8) is 0 Å². The monoisotopic (exact) mass is 1360 g/mol. The van der Waals surface area contributed by atoms with Gasteiger partial charge in [0.2, 0.25) is 0 Å². The maximum atomic E-state index is 16.0. The molecule has 26 heteroatoms. The summed E-state index contributed by atoms with van der Waals surface area (Å²) in [6.45, 7) is 8.73. The number of ether oxygens (including phenoxy) is 7. The van der Waals surface area contributed by atoms with Crippen molar-refractivity contribution in [3.05, 3.63) is 141 Å². The van der Waals surface area contributed by atoms with Gasteiger partial charge in [0.1, 0.15) is 78.3 Å². The van der Waals surface area contributed by atoms with E-state index in [4.69, 9.17) is 81.4 Å². The standard InChI is InChI=1S/C69H81Cl2FN11O11P/c1-6-7-8-9-10-11-12-13-14-15-16-17-18-19-20-25-49(85-38-45-32-44(37-73)33-48(72)34-45)39-86-95(84,93-54-26-21-23-46(56(54)70)35-68(40-74)62-60(87-66(2,3)91-62)58(89-68)50-28-30-52-64(76)78-42-80-82(50)52)94-55-27-22-24-47(57(55)71)36-69(41-75)63-61(88-67(4,5)92-63)59(90-69)51-29-31-53-65(77)79-43-81-83(51)53/h21-24,26-34,42-43,49,58-63H,6-20,25,35-36,38-39H2,1-5H3,(H2,76,78,80)(H2,77,79,81)/t49-,58+,59+,60?,61?,62?,63?,68-,69-,95?/m1/s1. The number of hydrogen-bond acceptors (Lipinski definition) is 20. The zero-order valence-electron chi connectivity index (χ0n) is 54.1. The lowest BCUT2D eigenvalue weighted by Crippen LogP contribution is -2.44. The highest BCUT2D eigenvalue weighted by atomic mass is 35.5. The van der Waals surface area contributed by atoms with E-state index >= 15 is 4.57 Å². The summed E-state index contributed by atoms with van der Waals surface area (Å²) >= 11 is 14.7. The zero-order valence-corrected chi connectivity index (χ0v) is 56.5. The van der Waals surface area contributed by atoms with Crippen molar-refractivity contribution >= 4 is 53.7 Å². The number of nitrogens with zero attached hydrogens (tertiary/aromatic N) is 9. The lowest BCUT2D eigenvalue weighted by Gasteiger charge is -2.30. The van der Waals surface area contributed by atoms with E-state index in [2.05, 4.69) is 39.2 Å². The SMILES string of the molecule is CCCCCCCCCCCCCCCCC[C@H](COP(=O)(Oc1cccc(C[C@]2(C#N)O[C@@H](c3ccc4c(N)ncnn34)C3OC(C)(C)OC32)c1Cl)Oc1cccc(C[C@]2(C#N)O[C@@H](c3ccc4c(N)ncnn34)C3OC(C)(C)OC32)c1Cl)OCc1cc(F)cc(C#N)c1. The summed E-state index contributed by atoms with van der Waals surface area (Å²) in [6.07, 6.45) is 14.2. The molecule has 4 N–H and O–H groups in total. The topological polar surface area (TPSA) is 293 Å². The predicted molar refractivity (Wildman–Crippen MR) is 351 cm³/mol. The van der Waals surface area contributed by atoms with Crippen molar-refractivity contribution in [1.82, 2.24) is 29.2 Å². The van der Waals surface area contributed by atoms with E-state index in [1.807, 2.05) is 6.07 Å². The van der Waals surface area contributed by atoms with Crippen molar-refractivity contribution in [1.29, 1.82) is 15.8 Å². The molecule has 4 fully saturated rings. The van der Waals surface area contributed by atoms with Crippen LogP contribution in [0.3, 0.4) is 0 Å². The summed E-state index contributed by atoms with van der Waals surface area (Å²) in [4.78, 5) is 8.25. The normalized spacial score (nSPS) is 24.2. The molecular formula is C69H81Cl2FN11O11P. The average molecular weight is 1360 g/mol. The molecule has 0 saturated carbocycles. The van der Waals surface area contributed by atoms with Gasteiger partial charge in [0.05, 0.1) is 52.4 Å². The molecule has 504 valence electrons. The molecule has 0 amide bonds. The van der Waals surface area contributed by atoms with Crippen molar-refractivity contribution in [2.45, 2.75) is 222 Å². The molecule has 95 heavy (non-hydrogen) atoms. The highest BCUT2D eigenvalue weighted by molar-refractivity contribution is 7.49. The van der Waals surface area contributed by atoms with Gasteiger partial charge < -0.3 is 53.7 Å². The summed E-state index contributed by atoms with van der Waals surface area (Å²) in [5.41, 5.74) is 12.3. The summed E-state index contributed by atoms with van der Waals surface area (Å²) in [7, 11) is -5.02. The first-order valence-electron chi connectivity index (χ1n) is 32.8. The third-order valence-electron chi connectivity index (χ3n) is 18.0. The molecule has 0 bridgehead atoms. The molecule has 11 rings (SSSR count). The van der Waals surface area contributed by atoms with Crippen LogP contribution in [0.1, 0.15) is 183 Å². The van der Waals surface area contributed by atoms with Crippen molar-refractivity contribution in [3.8, 4) is 29.7 Å². The van der Waals surface area contributed by atoms with Crippen LogP contribution in [0, 0.1) is 39.8 Å². The first-order chi connectivity index (χ1) is 45.7. The molecule has 0 radical (unpaired) electrons. The van der Waals surface area contributed by atoms with E-state index in [0.717, 1.165) is 31.7 Å². The molecule has 3 aromatic carbocycles. The van der Waals surface area contributed by atoms with Crippen LogP contribution >= 0.6 is 31.0 Å². The Balaban J connectivity index is 0.868. The fourth-order valence-electron chi connectivity index (χ4n) is 13.4. The minimum Gasteiger partial charge on any atom is -0.393 e. The lowest BCUT2D eigenvalue weighted by molar-refractivity contribution is -0.200. The van der Waals surface area contributed by atoms with Crippen LogP contribution in [0.5, 0.6) is 11.5 Å². The number of rotatable bonds is 32. The van der Waals surface area contributed by atoms with Crippen molar-refractivity contribution < 1.29 is 55.7 Å². The number of aromatic nitrogens is 6. The number of unbranched alkanes of at least 4 members (excludes halogenated alkanes) is 14. The van der Waals surface area contributed by atoms with E-state index < -0.39 is 79.1 Å². The van der Waals surface area contributed by atoms with E-state index in [0.29, 0.717) is 52.0 Å². The fraction of sp³-hybridized carbons (Fsp3) is 0.522. The number of nitriles is 3.